The molecule has 1 N–H and O–H groups in total. The van der Waals surface area contributed by atoms with Gasteiger partial charge in [0, 0.05) is 12.0 Å². The molecule has 1 aliphatic rings. The maximum atomic E-state index is 9.89. The van der Waals surface area contributed by atoms with Gasteiger partial charge in [0.15, 0.2) is 11.0 Å². The van der Waals surface area contributed by atoms with Gasteiger partial charge in [0.2, 0.25) is 0 Å². The van der Waals surface area contributed by atoms with Crippen LogP contribution in [0.25, 0.3) is 11.5 Å². The van der Waals surface area contributed by atoms with Crippen molar-refractivity contribution in [2.75, 3.05) is 0 Å². The minimum Gasteiger partial charge on any atom is -0.507 e. The van der Waals surface area contributed by atoms with E-state index in [2.05, 4.69) is 38.8 Å². The van der Waals surface area contributed by atoms with E-state index >= 15 is 0 Å². The lowest BCUT2D eigenvalue weighted by Gasteiger charge is -2.09. The number of thioether (sulfide) groups is 1. The lowest BCUT2D eigenvalue weighted by atomic mass is 10.2. The SMILES string of the molecule is CC(C)c1nnc(SCc2noc(-c3ccccc3O)n2)n1C1CC1. The van der Waals surface area contributed by atoms with Gasteiger partial charge in [0.05, 0.1) is 11.3 Å². The summed E-state index contributed by atoms with van der Waals surface area (Å²) in [6.07, 6.45) is 2.37. The van der Waals surface area contributed by atoms with E-state index < -0.39 is 0 Å². The van der Waals surface area contributed by atoms with Gasteiger partial charge in [-0.1, -0.05) is 42.9 Å². The van der Waals surface area contributed by atoms with Gasteiger partial charge in [0.25, 0.3) is 5.89 Å². The summed E-state index contributed by atoms with van der Waals surface area (Å²) in [6, 6.07) is 7.44. The van der Waals surface area contributed by atoms with Crippen LogP contribution in [-0.4, -0.2) is 30.0 Å². The third kappa shape index (κ3) is 3.26. The molecular weight excluding hydrogens is 338 g/mol. The largest absolute Gasteiger partial charge is 0.507 e. The highest BCUT2D eigenvalue weighted by Gasteiger charge is 2.30. The number of nitrogens with zero attached hydrogens (tertiary/aromatic N) is 5. The summed E-state index contributed by atoms with van der Waals surface area (Å²) in [7, 11) is 0. The molecule has 1 saturated carbocycles. The Morgan fingerprint density at radius 3 is 2.80 bits per heavy atom. The maximum absolute atomic E-state index is 9.89. The highest BCUT2D eigenvalue weighted by molar-refractivity contribution is 7.98. The van der Waals surface area contributed by atoms with Crippen LogP contribution in [0.15, 0.2) is 33.9 Å². The fourth-order valence-electron chi connectivity index (χ4n) is 2.66. The van der Waals surface area contributed by atoms with Crippen molar-refractivity contribution in [1.29, 1.82) is 0 Å². The second-order valence-corrected chi connectivity index (χ2v) is 7.36. The predicted octanol–water partition coefficient (Wildman–Crippen LogP) is 3.78. The van der Waals surface area contributed by atoms with Crippen LogP contribution in [0, 0.1) is 0 Å². The highest BCUT2D eigenvalue weighted by Crippen LogP contribution is 2.40. The summed E-state index contributed by atoms with van der Waals surface area (Å²) in [6.45, 7) is 4.27. The first-order chi connectivity index (χ1) is 12.1. The third-order valence-corrected chi connectivity index (χ3v) is 4.99. The first-order valence-electron chi connectivity index (χ1n) is 8.32. The molecule has 0 bridgehead atoms. The number of benzene rings is 1. The van der Waals surface area contributed by atoms with Crippen LogP contribution >= 0.6 is 11.8 Å². The molecule has 1 fully saturated rings. The van der Waals surface area contributed by atoms with E-state index in [1.165, 1.54) is 12.8 Å². The average molecular weight is 357 g/mol. The van der Waals surface area contributed by atoms with Crippen LogP contribution in [0.1, 0.15) is 50.3 Å². The Morgan fingerprint density at radius 1 is 1.28 bits per heavy atom. The molecule has 8 heteroatoms. The minimum atomic E-state index is 0.125. The van der Waals surface area contributed by atoms with Crippen molar-refractivity contribution in [3.8, 4) is 17.2 Å². The lowest BCUT2D eigenvalue weighted by molar-refractivity contribution is 0.419. The molecule has 0 atom stereocenters. The van der Waals surface area contributed by atoms with Crippen molar-refractivity contribution in [3.05, 3.63) is 35.9 Å². The Morgan fingerprint density at radius 2 is 2.08 bits per heavy atom. The Bertz CT molecular complexity index is 885. The zero-order valence-corrected chi connectivity index (χ0v) is 14.9. The van der Waals surface area contributed by atoms with Crippen LogP contribution in [0.5, 0.6) is 5.75 Å². The summed E-state index contributed by atoms with van der Waals surface area (Å²) in [5, 5.41) is 23.5. The van der Waals surface area contributed by atoms with Crippen molar-refractivity contribution in [1.82, 2.24) is 24.9 Å². The number of rotatable bonds is 6. The monoisotopic (exact) mass is 357 g/mol. The second kappa shape index (κ2) is 6.51. The molecule has 1 aromatic carbocycles. The van der Waals surface area contributed by atoms with Gasteiger partial charge in [0.1, 0.15) is 11.6 Å². The highest BCUT2D eigenvalue weighted by atomic mass is 32.2. The summed E-state index contributed by atoms with van der Waals surface area (Å²) < 4.78 is 7.53. The van der Waals surface area contributed by atoms with Gasteiger partial charge >= 0.3 is 0 Å². The zero-order chi connectivity index (χ0) is 17.4. The topological polar surface area (TPSA) is 89.9 Å². The molecule has 0 aliphatic heterocycles. The van der Waals surface area contributed by atoms with Gasteiger partial charge in [-0.05, 0) is 25.0 Å². The van der Waals surface area contributed by atoms with Crippen molar-refractivity contribution < 1.29 is 9.63 Å². The van der Waals surface area contributed by atoms with Crippen molar-refractivity contribution >= 4 is 11.8 Å². The number of aromatic hydroxyl groups is 1. The fourth-order valence-corrected chi connectivity index (χ4v) is 3.52. The maximum Gasteiger partial charge on any atom is 0.261 e. The van der Waals surface area contributed by atoms with Crippen LogP contribution in [0.2, 0.25) is 0 Å². The first-order valence-corrected chi connectivity index (χ1v) is 9.30. The second-order valence-electron chi connectivity index (χ2n) is 6.42. The fraction of sp³-hybridized carbons (Fsp3) is 0.412. The Kier molecular flexibility index (Phi) is 4.20. The van der Waals surface area contributed by atoms with E-state index in [1.807, 2.05) is 6.07 Å². The molecule has 4 rings (SSSR count). The molecule has 0 unspecified atom stereocenters. The van der Waals surface area contributed by atoms with Gasteiger partial charge in [-0.15, -0.1) is 10.2 Å². The zero-order valence-electron chi connectivity index (χ0n) is 14.1. The Labute approximate surface area is 149 Å². The smallest absolute Gasteiger partial charge is 0.261 e. The minimum absolute atomic E-state index is 0.125. The standard InChI is InChI=1S/C17H19N5O2S/c1-10(2)15-19-20-17(22(15)11-7-8-11)25-9-14-18-16(24-21-14)12-5-3-4-6-13(12)23/h3-6,10-11,23H,7-9H2,1-2H3. The molecule has 0 amide bonds. The summed E-state index contributed by atoms with van der Waals surface area (Å²) in [4.78, 5) is 4.37. The van der Waals surface area contributed by atoms with Crippen LogP contribution in [-0.2, 0) is 5.75 Å². The summed E-state index contributed by atoms with van der Waals surface area (Å²) in [5.74, 6) is 2.94. The number of hydrogen-bond acceptors (Lipinski definition) is 7. The molecule has 2 heterocycles. The third-order valence-electron chi connectivity index (χ3n) is 4.05. The number of phenolic OH excluding ortho intramolecular Hbond substituents is 1. The van der Waals surface area contributed by atoms with Gasteiger partial charge in [-0.2, -0.15) is 4.98 Å². The van der Waals surface area contributed by atoms with Gasteiger partial charge in [-0.3, -0.25) is 0 Å². The van der Waals surface area contributed by atoms with E-state index in [9.17, 15) is 5.11 Å². The average Bonchev–Trinajstić information content (AvgIpc) is 3.17. The normalized spacial score (nSPS) is 14.4. The van der Waals surface area contributed by atoms with Crippen LogP contribution < -0.4 is 0 Å². The molecule has 130 valence electrons. The van der Waals surface area contributed by atoms with Crippen LogP contribution in [0.4, 0.5) is 0 Å². The molecule has 0 spiro atoms. The number of phenols is 1. The molecule has 0 radical (unpaired) electrons. The predicted molar refractivity (Wildman–Crippen MR) is 93.3 cm³/mol. The number of para-hydroxylation sites is 1. The van der Waals surface area contributed by atoms with Crippen molar-refractivity contribution in [2.24, 2.45) is 0 Å². The Balaban J connectivity index is 1.51. The van der Waals surface area contributed by atoms with Crippen molar-refractivity contribution in [2.45, 2.75) is 49.6 Å². The van der Waals surface area contributed by atoms with E-state index in [1.54, 1.807) is 30.0 Å². The molecule has 3 aromatic rings. The molecular formula is C17H19N5O2S. The Hall–Kier alpha value is -2.35. The van der Waals surface area contributed by atoms with E-state index in [4.69, 9.17) is 4.52 Å². The van der Waals surface area contributed by atoms with E-state index in [-0.39, 0.29) is 5.75 Å². The summed E-state index contributed by atoms with van der Waals surface area (Å²) >= 11 is 1.56. The van der Waals surface area contributed by atoms with Crippen LogP contribution in [0.3, 0.4) is 0 Å². The summed E-state index contributed by atoms with van der Waals surface area (Å²) in [5.41, 5.74) is 0.537. The molecule has 1 aliphatic carbocycles. The molecule has 7 nitrogen and oxygen atoms in total. The van der Waals surface area contributed by atoms with Crippen molar-refractivity contribution in [3.63, 3.8) is 0 Å². The van der Waals surface area contributed by atoms with E-state index in [0.29, 0.717) is 35.0 Å². The van der Waals surface area contributed by atoms with E-state index in [0.717, 1.165) is 11.0 Å². The van der Waals surface area contributed by atoms with Gasteiger partial charge in [-0.25, -0.2) is 0 Å². The quantitative estimate of drug-likeness (QED) is 0.671. The lowest BCUT2D eigenvalue weighted by Crippen LogP contribution is -2.04. The van der Waals surface area contributed by atoms with Gasteiger partial charge < -0.3 is 14.2 Å². The molecule has 2 aromatic heterocycles. The number of aromatic nitrogens is 5. The number of hydrogen-bond donors (Lipinski definition) is 1. The molecule has 25 heavy (non-hydrogen) atoms. The first kappa shape index (κ1) is 16.1. The molecule has 0 saturated heterocycles.